The van der Waals surface area contributed by atoms with Crippen LogP contribution in [0.3, 0.4) is 0 Å². The zero-order chi connectivity index (χ0) is 19.8. The predicted octanol–water partition coefficient (Wildman–Crippen LogP) is 0.379. The van der Waals surface area contributed by atoms with Gasteiger partial charge in [-0.1, -0.05) is 12.1 Å². The number of imide groups is 1. The SMILES string of the molecule is CC1(c2ccc(S(N)(=O)=O)cc2)NC(=O)N(CC(=O)c2ccncc2)C1=O. The van der Waals surface area contributed by atoms with Crippen molar-refractivity contribution in [2.45, 2.75) is 17.4 Å². The van der Waals surface area contributed by atoms with Crippen molar-refractivity contribution in [2.75, 3.05) is 6.54 Å². The van der Waals surface area contributed by atoms with Crippen molar-refractivity contribution in [1.29, 1.82) is 0 Å². The summed E-state index contributed by atoms with van der Waals surface area (Å²) in [5.74, 6) is -1.02. The summed E-state index contributed by atoms with van der Waals surface area (Å²) in [7, 11) is -3.88. The van der Waals surface area contributed by atoms with Gasteiger partial charge in [-0.15, -0.1) is 0 Å². The number of nitrogens with one attached hydrogen (secondary N) is 1. The first-order valence-corrected chi connectivity index (χ1v) is 9.38. The summed E-state index contributed by atoms with van der Waals surface area (Å²) in [6, 6.07) is 7.57. The molecule has 1 aromatic heterocycles. The first-order chi connectivity index (χ1) is 12.6. The highest BCUT2D eigenvalue weighted by atomic mass is 32.2. The molecule has 0 saturated carbocycles. The fraction of sp³-hybridized carbons (Fsp3) is 0.176. The van der Waals surface area contributed by atoms with Crippen LogP contribution in [0.15, 0.2) is 53.7 Å². The van der Waals surface area contributed by atoms with Crippen molar-refractivity contribution < 1.29 is 22.8 Å². The number of carbonyl (C=O) groups excluding carboxylic acids is 3. The number of urea groups is 1. The van der Waals surface area contributed by atoms with Crippen LogP contribution in [-0.2, 0) is 20.4 Å². The van der Waals surface area contributed by atoms with Crippen LogP contribution in [0.4, 0.5) is 4.79 Å². The van der Waals surface area contributed by atoms with E-state index in [9.17, 15) is 22.8 Å². The Morgan fingerprint density at radius 2 is 1.74 bits per heavy atom. The number of pyridine rings is 1. The summed E-state index contributed by atoms with van der Waals surface area (Å²) in [4.78, 5) is 41.9. The molecule has 1 unspecified atom stereocenters. The Kier molecular flexibility index (Phi) is 4.54. The van der Waals surface area contributed by atoms with E-state index in [1.54, 1.807) is 0 Å². The molecule has 1 aliphatic heterocycles. The third-order valence-corrected chi connectivity index (χ3v) is 5.27. The van der Waals surface area contributed by atoms with Gasteiger partial charge in [-0.05, 0) is 36.8 Å². The molecule has 1 aliphatic rings. The van der Waals surface area contributed by atoms with Crippen LogP contribution in [0.5, 0.6) is 0 Å². The summed E-state index contributed by atoms with van der Waals surface area (Å²) in [5, 5.41) is 7.61. The monoisotopic (exact) mass is 388 g/mol. The van der Waals surface area contributed by atoms with Crippen LogP contribution in [0.1, 0.15) is 22.8 Å². The second-order valence-electron chi connectivity index (χ2n) is 6.17. The summed E-state index contributed by atoms with van der Waals surface area (Å²) < 4.78 is 22.7. The van der Waals surface area contributed by atoms with E-state index in [1.165, 1.54) is 55.7 Å². The van der Waals surface area contributed by atoms with Crippen LogP contribution < -0.4 is 10.5 Å². The Bertz CT molecular complexity index is 1020. The molecule has 1 atom stereocenters. The van der Waals surface area contributed by atoms with Crippen LogP contribution in [0.2, 0.25) is 0 Å². The summed E-state index contributed by atoms with van der Waals surface area (Å²) >= 11 is 0. The van der Waals surface area contributed by atoms with E-state index in [1.807, 2.05) is 0 Å². The minimum absolute atomic E-state index is 0.114. The molecule has 0 spiro atoms. The fourth-order valence-corrected chi connectivity index (χ4v) is 3.30. The fourth-order valence-electron chi connectivity index (χ4n) is 2.79. The number of sulfonamides is 1. The molecule has 3 N–H and O–H groups in total. The minimum atomic E-state index is -3.88. The highest BCUT2D eigenvalue weighted by Gasteiger charge is 2.49. The van der Waals surface area contributed by atoms with Gasteiger partial charge in [-0.3, -0.25) is 19.5 Å². The van der Waals surface area contributed by atoms with Crippen molar-refractivity contribution in [2.24, 2.45) is 5.14 Å². The van der Waals surface area contributed by atoms with E-state index in [4.69, 9.17) is 5.14 Å². The smallest absolute Gasteiger partial charge is 0.319 e. The van der Waals surface area contributed by atoms with Crippen LogP contribution in [0, 0.1) is 0 Å². The molecular weight excluding hydrogens is 372 g/mol. The predicted molar refractivity (Wildman–Crippen MR) is 94.0 cm³/mol. The maximum absolute atomic E-state index is 12.8. The number of aromatic nitrogens is 1. The molecule has 0 bridgehead atoms. The zero-order valence-corrected chi connectivity index (χ0v) is 15.1. The molecule has 3 amide bonds. The molecule has 1 fully saturated rings. The minimum Gasteiger partial charge on any atom is -0.319 e. The number of hydrogen-bond acceptors (Lipinski definition) is 6. The number of nitrogens with two attached hydrogens (primary N) is 1. The molecule has 140 valence electrons. The molecule has 0 radical (unpaired) electrons. The van der Waals surface area contributed by atoms with Gasteiger partial charge < -0.3 is 5.32 Å². The van der Waals surface area contributed by atoms with Crippen molar-refractivity contribution in [3.05, 3.63) is 59.9 Å². The third kappa shape index (κ3) is 3.44. The summed E-state index contributed by atoms with van der Waals surface area (Å²) in [6.07, 6.45) is 2.88. The molecule has 3 rings (SSSR count). The Hall–Kier alpha value is -3.11. The van der Waals surface area contributed by atoms with Crippen LogP contribution in [-0.4, -0.2) is 42.6 Å². The molecule has 0 aliphatic carbocycles. The number of amides is 3. The molecule has 2 aromatic rings. The zero-order valence-electron chi connectivity index (χ0n) is 14.2. The Morgan fingerprint density at radius 3 is 2.30 bits per heavy atom. The number of benzene rings is 1. The lowest BCUT2D eigenvalue weighted by molar-refractivity contribution is -0.130. The van der Waals surface area contributed by atoms with E-state index in [2.05, 4.69) is 10.3 Å². The number of rotatable bonds is 5. The van der Waals surface area contributed by atoms with Gasteiger partial charge in [-0.2, -0.15) is 0 Å². The number of ketones is 1. The van der Waals surface area contributed by atoms with Gasteiger partial charge in [0, 0.05) is 18.0 Å². The van der Waals surface area contributed by atoms with Crippen molar-refractivity contribution in [3.63, 3.8) is 0 Å². The Balaban J connectivity index is 1.85. The number of primary sulfonamides is 1. The van der Waals surface area contributed by atoms with Gasteiger partial charge in [0.1, 0.15) is 5.54 Å². The third-order valence-electron chi connectivity index (χ3n) is 4.34. The quantitative estimate of drug-likeness (QED) is 0.561. The molecule has 10 heteroatoms. The number of hydrogen-bond donors (Lipinski definition) is 2. The van der Waals surface area contributed by atoms with Gasteiger partial charge in [0.05, 0.1) is 11.4 Å². The van der Waals surface area contributed by atoms with E-state index < -0.39 is 39.8 Å². The van der Waals surface area contributed by atoms with E-state index in [-0.39, 0.29) is 4.90 Å². The number of Topliss-reactive ketones (excluding diaryl/α,β-unsaturated/α-hetero) is 1. The second kappa shape index (κ2) is 6.56. The van der Waals surface area contributed by atoms with Crippen molar-refractivity contribution in [3.8, 4) is 0 Å². The average Bonchev–Trinajstić information content (AvgIpc) is 2.86. The number of nitrogens with zero attached hydrogens (tertiary/aromatic N) is 2. The van der Waals surface area contributed by atoms with Gasteiger partial charge in [0.15, 0.2) is 5.78 Å². The van der Waals surface area contributed by atoms with Gasteiger partial charge >= 0.3 is 6.03 Å². The lowest BCUT2D eigenvalue weighted by Gasteiger charge is -2.22. The molecule has 9 nitrogen and oxygen atoms in total. The molecule has 27 heavy (non-hydrogen) atoms. The highest BCUT2D eigenvalue weighted by Crippen LogP contribution is 2.29. The number of carbonyl (C=O) groups is 3. The van der Waals surface area contributed by atoms with Gasteiger partial charge in [-0.25, -0.2) is 18.4 Å². The van der Waals surface area contributed by atoms with E-state index in [0.29, 0.717) is 11.1 Å². The van der Waals surface area contributed by atoms with Crippen molar-refractivity contribution in [1.82, 2.24) is 15.2 Å². The van der Waals surface area contributed by atoms with Gasteiger partial charge in [0.2, 0.25) is 10.0 Å². The topological polar surface area (TPSA) is 140 Å². The molecule has 1 aromatic carbocycles. The molecule has 2 heterocycles. The maximum Gasteiger partial charge on any atom is 0.325 e. The first-order valence-electron chi connectivity index (χ1n) is 7.83. The lowest BCUT2D eigenvalue weighted by atomic mass is 9.92. The van der Waals surface area contributed by atoms with Gasteiger partial charge in [0.25, 0.3) is 5.91 Å². The summed E-state index contributed by atoms with van der Waals surface area (Å²) in [6.45, 7) is 1.07. The highest BCUT2D eigenvalue weighted by molar-refractivity contribution is 7.89. The van der Waals surface area contributed by atoms with Crippen LogP contribution >= 0.6 is 0 Å². The Labute approximate surface area is 155 Å². The standard InChI is InChI=1S/C17H16N4O5S/c1-17(12-2-4-13(5-3-12)27(18,25)26)15(23)21(16(24)20-17)10-14(22)11-6-8-19-9-7-11/h2-9H,10H2,1H3,(H,20,24)(H2,18,25,26). The summed E-state index contributed by atoms with van der Waals surface area (Å²) in [5.41, 5.74) is -0.726. The van der Waals surface area contributed by atoms with Crippen LogP contribution in [0.25, 0.3) is 0 Å². The lowest BCUT2D eigenvalue weighted by Crippen LogP contribution is -2.41. The average molecular weight is 388 g/mol. The molecule has 1 saturated heterocycles. The van der Waals surface area contributed by atoms with E-state index >= 15 is 0 Å². The molecular formula is C17H16N4O5S. The van der Waals surface area contributed by atoms with Crippen molar-refractivity contribution >= 4 is 27.7 Å². The maximum atomic E-state index is 12.8. The van der Waals surface area contributed by atoms with E-state index in [0.717, 1.165) is 4.90 Å². The first kappa shape index (κ1) is 18.7. The second-order valence-corrected chi connectivity index (χ2v) is 7.74. The largest absolute Gasteiger partial charge is 0.325 e. The Morgan fingerprint density at radius 1 is 1.15 bits per heavy atom. The normalized spacial score (nSPS) is 19.9.